The summed E-state index contributed by atoms with van der Waals surface area (Å²) >= 11 is 6.14. The number of hydrogen-bond donors (Lipinski definition) is 0. The molecule has 1 amide bonds. The molecule has 1 aliphatic rings. The third-order valence-electron chi connectivity index (χ3n) is 5.32. The van der Waals surface area contributed by atoms with Gasteiger partial charge in [-0.2, -0.15) is 0 Å². The smallest absolute Gasteiger partial charge is 0.243 e. The fourth-order valence-electron chi connectivity index (χ4n) is 3.84. The molecule has 1 saturated heterocycles. The normalized spacial score (nSPS) is 14.7. The third kappa shape index (κ3) is 5.26. The largest absolute Gasteiger partial charge is 0.368 e. The standard InChI is InChI=1S/C22H28ClN3O3S/c1-16-11-17(2)13-20(12-16)26(30(4,28)29)15-22(27)25-9-7-24(8-10-25)21-14-19(23)6-5-18(21)3/h5-6,11-14H,7-10,15H2,1-4H3. The topological polar surface area (TPSA) is 60.9 Å². The van der Waals surface area contributed by atoms with Crippen molar-refractivity contribution in [3.05, 3.63) is 58.1 Å². The van der Waals surface area contributed by atoms with E-state index >= 15 is 0 Å². The van der Waals surface area contributed by atoms with Crippen LogP contribution >= 0.6 is 11.6 Å². The molecule has 6 nitrogen and oxygen atoms in total. The second kappa shape index (κ2) is 8.86. The number of rotatable bonds is 5. The second-order valence-electron chi connectivity index (χ2n) is 7.91. The first-order chi connectivity index (χ1) is 14.0. The minimum absolute atomic E-state index is 0.193. The molecule has 2 aromatic rings. The zero-order valence-electron chi connectivity index (χ0n) is 17.9. The van der Waals surface area contributed by atoms with Crippen molar-refractivity contribution in [1.29, 1.82) is 0 Å². The molecule has 0 atom stereocenters. The van der Waals surface area contributed by atoms with E-state index in [0.717, 1.165) is 28.6 Å². The molecular formula is C22H28ClN3O3S. The van der Waals surface area contributed by atoms with Gasteiger partial charge in [0.15, 0.2) is 0 Å². The predicted octanol–water partition coefficient (Wildman–Crippen LogP) is 3.38. The first kappa shape index (κ1) is 22.4. The zero-order chi connectivity index (χ0) is 22.1. The van der Waals surface area contributed by atoms with E-state index in [1.807, 2.05) is 45.0 Å². The van der Waals surface area contributed by atoms with E-state index in [4.69, 9.17) is 11.6 Å². The van der Waals surface area contributed by atoms with Gasteiger partial charge in [0.05, 0.1) is 11.9 Å². The van der Waals surface area contributed by atoms with Crippen molar-refractivity contribution in [1.82, 2.24) is 4.90 Å². The Morgan fingerprint density at radius 2 is 1.60 bits per heavy atom. The van der Waals surface area contributed by atoms with E-state index < -0.39 is 10.0 Å². The van der Waals surface area contributed by atoms with Crippen molar-refractivity contribution in [3.63, 3.8) is 0 Å². The summed E-state index contributed by atoms with van der Waals surface area (Å²) in [6, 6.07) is 11.4. The van der Waals surface area contributed by atoms with Gasteiger partial charge in [0.1, 0.15) is 6.54 Å². The van der Waals surface area contributed by atoms with Crippen LogP contribution in [0.4, 0.5) is 11.4 Å². The minimum Gasteiger partial charge on any atom is -0.368 e. The van der Waals surface area contributed by atoms with Crippen molar-refractivity contribution in [2.24, 2.45) is 0 Å². The van der Waals surface area contributed by atoms with Crippen LogP contribution in [0.5, 0.6) is 0 Å². The van der Waals surface area contributed by atoms with Gasteiger partial charge in [0, 0.05) is 36.9 Å². The van der Waals surface area contributed by atoms with Crippen molar-refractivity contribution in [3.8, 4) is 0 Å². The lowest BCUT2D eigenvalue weighted by molar-refractivity contribution is -0.129. The van der Waals surface area contributed by atoms with Gasteiger partial charge in [-0.25, -0.2) is 8.42 Å². The lowest BCUT2D eigenvalue weighted by Crippen LogP contribution is -2.52. The van der Waals surface area contributed by atoms with Gasteiger partial charge in [-0.3, -0.25) is 9.10 Å². The van der Waals surface area contributed by atoms with Gasteiger partial charge in [-0.05, 0) is 61.7 Å². The van der Waals surface area contributed by atoms with E-state index in [-0.39, 0.29) is 12.5 Å². The minimum atomic E-state index is -3.59. The van der Waals surface area contributed by atoms with Crippen LogP contribution < -0.4 is 9.21 Å². The number of anilines is 2. The molecule has 162 valence electrons. The van der Waals surface area contributed by atoms with Crippen LogP contribution in [0, 0.1) is 20.8 Å². The van der Waals surface area contributed by atoms with Gasteiger partial charge in [0.2, 0.25) is 15.9 Å². The SMILES string of the molecule is Cc1cc(C)cc(N(CC(=O)N2CCN(c3cc(Cl)ccc3C)CC2)S(C)(=O)=O)c1. The number of piperazine rings is 1. The number of hydrogen-bond acceptors (Lipinski definition) is 4. The summed E-state index contributed by atoms with van der Waals surface area (Å²) in [6.07, 6.45) is 1.14. The maximum Gasteiger partial charge on any atom is 0.243 e. The van der Waals surface area contributed by atoms with Gasteiger partial charge in [-0.15, -0.1) is 0 Å². The fraction of sp³-hybridized carbons (Fsp3) is 0.409. The van der Waals surface area contributed by atoms with Crippen LogP contribution in [0.15, 0.2) is 36.4 Å². The fourth-order valence-corrected chi connectivity index (χ4v) is 4.84. The maximum atomic E-state index is 12.9. The summed E-state index contributed by atoms with van der Waals surface area (Å²) in [7, 11) is -3.59. The molecule has 0 N–H and O–H groups in total. The number of halogens is 1. The average molecular weight is 450 g/mol. The van der Waals surface area contributed by atoms with E-state index in [1.165, 1.54) is 4.31 Å². The number of amides is 1. The van der Waals surface area contributed by atoms with Crippen LogP contribution in [0.3, 0.4) is 0 Å². The summed E-state index contributed by atoms with van der Waals surface area (Å²) < 4.78 is 26.0. The number of carbonyl (C=O) groups is 1. The van der Waals surface area contributed by atoms with Gasteiger partial charge in [0.25, 0.3) is 0 Å². The van der Waals surface area contributed by atoms with Crippen LogP contribution in [0.25, 0.3) is 0 Å². The lowest BCUT2D eigenvalue weighted by Gasteiger charge is -2.37. The van der Waals surface area contributed by atoms with Crippen LogP contribution in [0.2, 0.25) is 5.02 Å². The van der Waals surface area contributed by atoms with E-state index in [9.17, 15) is 13.2 Å². The highest BCUT2D eigenvalue weighted by Gasteiger charge is 2.27. The Bertz CT molecular complexity index is 1030. The molecule has 1 aliphatic heterocycles. The van der Waals surface area contributed by atoms with Crippen LogP contribution in [0.1, 0.15) is 16.7 Å². The summed E-state index contributed by atoms with van der Waals surface area (Å²) in [5.41, 5.74) is 4.64. The quantitative estimate of drug-likeness (QED) is 0.702. The van der Waals surface area contributed by atoms with Crippen molar-refractivity contribution < 1.29 is 13.2 Å². The Hall–Kier alpha value is -2.25. The molecule has 8 heteroatoms. The number of benzene rings is 2. The molecule has 0 aromatic heterocycles. The van der Waals surface area contributed by atoms with Crippen molar-refractivity contribution in [2.75, 3.05) is 48.2 Å². The molecule has 1 heterocycles. The van der Waals surface area contributed by atoms with Crippen molar-refractivity contribution >= 4 is 38.9 Å². The first-order valence-electron chi connectivity index (χ1n) is 9.89. The summed E-state index contributed by atoms with van der Waals surface area (Å²) in [4.78, 5) is 16.9. The van der Waals surface area contributed by atoms with Gasteiger partial charge in [-0.1, -0.05) is 23.7 Å². The van der Waals surface area contributed by atoms with Gasteiger partial charge < -0.3 is 9.80 Å². The predicted molar refractivity (Wildman–Crippen MR) is 123 cm³/mol. The highest BCUT2D eigenvalue weighted by molar-refractivity contribution is 7.92. The number of sulfonamides is 1. The Balaban J connectivity index is 1.71. The van der Waals surface area contributed by atoms with Crippen LogP contribution in [-0.2, 0) is 14.8 Å². The molecule has 0 radical (unpaired) electrons. The number of aryl methyl sites for hydroxylation is 3. The van der Waals surface area contributed by atoms with Crippen molar-refractivity contribution in [2.45, 2.75) is 20.8 Å². The highest BCUT2D eigenvalue weighted by Crippen LogP contribution is 2.26. The molecule has 2 aromatic carbocycles. The molecule has 0 aliphatic carbocycles. The molecule has 0 spiro atoms. The van der Waals surface area contributed by atoms with E-state index in [2.05, 4.69) is 4.90 Å². The number of nitrogens with zero attached hydrogens (tertiary/aromatic N) is 3. The van der Waals surface area contributed by atoms with Gasteiger partial charge >= 0.3 is 0 Å². The molecule has 1 fully saturated rings. The molecule has 30 heavy (non-hydrogen) atoms. The molecule has 0 unspecified atom stereocenters. The Morgan fingerprint density at radius 3 is 2.17 bits per heavy atom. The summed E-state index contributed by atoms with van der Waals surface area (Å²) in [5.74, 6) is -0.193. The molecule has 0 saturated carbocycles. The molecule has 3 rings (SSSR count). The zero-order valence-corrected chi connectivity index (χ0v) is 19.4. The lowest BCUT2D eigenvalue weighted by atomic mass is 10.1. The number of carbonyl (C=O) groups excluding carboxylic acids is 1. The Morgan fingerprint density at radius 1 is 1.00 bits per heavy atom. The molecular weight excluding hydrogens is 422 g/mol. The third-order valence-corrected chi connectivity index (χ3v) is 6.69. The maximum absolute atomic E-state index is 12.9. The Kier molecular flexibility index (Phi) is 6.62. The summed E-state index contributed by atoms with van der Waals surface area (Å²) in [5, 5.41) is 0.686. The van der Waals surface area contributed by atoms with Crippen LogP contribution in [-0.4, -0.2) is 58.2 Å². The first-order valence-corrected chi connectivity index (χ1v) is 12.1. The summed E-state index contributed by atoms with van der Waals surface area (Å²) in [6.45, 7) is 8.09. The Labute approximate surface area is 184 Å². The average Bonchev–Trinajstić information content (AvgIpc) is 2.66. The highest BCUT2D eigenvalue weighted by atomic mass is 35.5. The second-order valence-corrected chi connectivity index (χ2v) is 10.3. The van der Waals surface area contributed by atoms with E-state index in [1.54, 1.807) is 17.0 Å². The van der Waals surface area contributed by atoms with E-state index in [0.29, 0.717) is 36.9 Å². The molecule has 0 bridgehead atoms. The monoisotopic (exact) mass is 449 g/mol.